The third-order valence-electron chi connectivity index (χ3n) is 3.48. The topological polar surface area (TPSA) is 105 Å². The summed E-state index contributed by atoms with van der Waals surface area (Å²) >= 11 is 0. The van der Waals surface area contributed by atoms with Gasteiger partial charge in [-0.05, 0) is 51.3 Å². The lowest BCUT2D eigenvalue weighted by molar-refractivity contribution is 0.0122. The summed E-state index contributed by atoms with van der Waals surface area (Å²) in [5.74, 6) is -0.507. The van der Waals surface area contributed by atoms with E-state index >= 15 is 0 Å². The van der Waals surface area contributed by atoms with E-state index in [4.69, 9.17) is 9.47 Å². The number of esters is 1. The van der Waals surface area contributed by atoms with Gasteiger partial charge in [-0.25, -0.2) is 9.59 Å². The average molecular weight is 353 g/mol. The Morgan fingerprint density at radius 3 is 2.44 bits per heavy atom. The highest BCUT2D eigenvalue weighted by molar-refractivity contribution is 5.91. The molecule has 0 spiro atoms. The monoisotopic (exact) mass is 353 g/mol. The van der Waals surface area contributed by atoms with Gasteiger partial charge in [0.2, 0.25) is 0 Å². The minimum absolute atomic E-state index is 0.127. The Bertz CT molecular complexity index is 608. The van der Waals surface area contributed by atoms with Crippen molar-refractivity contribution in [3.63, 3.8) is 0 Å². The van der Waals surface area contributed by atoms with Gasteiger partial charge in [0.15, 0.2) is 0 Å². The fourth-order valence-electron chi connectivity index (χ4n) is 2.17. The van der Waals surface area contributed by atoms with Gasteiger partial charge in [-0.1, -0.05) is 12.1 Å². The van der Waals surface area contributed by atoms with E-state index in [0.717, 1.165) is 0 Å². The first-order valence-corrected chi connectivity index (χ1v) is 8.07. The first kappa shape index (κ1) is 20.9. The fourth-order valence-corrected chi connectivity index (χ4v) is 2.17. The molecular formula is C18H27NO6. The highest BCUT2D eigenvalue weighted by atomic mass is 16.6. The molecule has 25 heavy (non-hydrogen) atoms. The summed E-state index contributed by atoms with van der Waals surface area (Å²) in [6, 6.07) is 4.81. The van der Waals surface area contributed by atoms with Crippen molar-refractivity contribution in [3.05, 3.63) is 34.9 Å². The number of ether oxygens (including phenoxy) is 2. The first-order chi connectivity index (χ1) is 11.5. The van der Waals surface area contributed by atoms with Gasteiger partial charge in [0, 0.05) is 6.54 Å². The molecule has 0 saturated heterocycles. The normalized spacial score (nSPS) is 13.7. The van der Waals surface area contributed by atoms with Crippen LogP contribution in [-0.2, 0) is 9.47 Å². The number of hydrogen-bond acceptors (Lipinski definition) is 6. The van der Waals surface area contributed by atoms with Crippen molar-refractivity contribution >= 4 is 12.1 Å². The maximum absolute atomic E-state index is 11.7. The van der Waals surface area contributed by atoms with Gasteiger partial charge in [0.1, 0.15) is 11.7 Å². The molecule has 0 radical (unpaired) electrons. The van der Waals surface area contributed by atoms with Crippen LogP contribution in [-0.4, -0.2) is 47.6 Å². The van der Waals surface area contributed by atoms with Gasteiger partial charge in [-0.3, -0.25) is 0 Å². The van der Waals surface area contributed by atoms with Crippen LogP contribution < -0.4 is 5.32 Å². The Hall–Kier alpha value is -2.12. The van der Waals surface area contributed by atoms with Crippen molar-refractivity contribution in [2.45, 2.75) is 51.9 Å². The van der Waals surface area contributed by atoms with E-state index in [2.05, 4.69) is 5.32 Å². The number of rotatable bonds is 6. The van der Waals surface area contributed by atoms with E-state index in [9.17, 15) is 19.8 Å². The maximum atomic E-state index is 11.7. The fraction of sp³-hybridized carbons (Fsp3) is 0.556. The van der Waals surface area contributed by atoms with Crippen molar-refractivity contribution in [2.24, 2.45) is 0 Å². The lowest BCUT2D eigenvalue weighted by Gasteiger charge is -2.21. The number of hydrogen-bond donors (Lipinski definition) is 3. The number of aliphatic hydroxyl groups is 2. The summed E-state index contributed by atoms with van der Waals surface area (Å²) in [6.07, 6.45) is -2.76. The van der Waals surface area contributed by atoms with Crippen LogP contribution in [0.25, 0.3) is 0 Å². The molecule has 0 heterocycles. The molecule has 1 amide bonds. The molecule has 1 aromatic rings. The van der Waals surface area contributed by atoms with Gasteiger partial charge >= 0.3 is 12.1 Å². The third kappa shape index (κ3) is 6.72. The van der Waals surface area contributed by atoms with Gasteiger partial charge in [-0.2, -0.15) is 0 Å². The predicted octanol–water partition coefficient (Wildman–Crippen LogP) is 2.09. The average Bonchev–Trinajstić information content (AvgIpc) is 2.52. The predicted molar refractivity (Wildman–Crippen MR) is 92.3 cm³/mol. The van der Waals surface area contributed by atoms with Crippen LogP contribution in [0.5, 0.6) is 0 Å². The van der Waals surface area contributed by atoms with Crippen LogP contribution in [0, 0.1) is 6.92 Å². The number of methoxy groups -OCH3 is 1. The van der Waals surface area contributed by atoms with Crippen molar-refractivity contribution < 1.29 is 29.3 Å². The van der Waals surface area contributed by atoms with E-state index in [1.807, 2.05) is 0 Å². The quantitative estimate of drug-likeness (QED) is 0.676. The van der Waals surface area contributed by atoms with Crippen LogP contribution in [0.4, 0.5) is 4.79 Å². The summed E-state index contributed by atoms with van der Waals surface area (Å²) in [4.78, 5) is 23.3. The third-order valence-corrected chi connectivity index (χ3v) is 3.48. The number of nitrogens with one attached hydrogen (secondary N) is 1. The zero-order valence-electron chi connectivity index (χ0n) is 15.3. The second-order valence-electron chi connectivity index (χ2n) is 6.80. The molecule has 7 nitrogen and oxygen atoms in total. The van der Waals surface area contributed by atoms with Crippen LogP contribution in [0.2, 0.25) is 0 Å². The standard InChI is InChI=1S/C18H27NO6/c1-11-6-7-12(10-13(11)16(22)24-5)15(21)14(20)8-9-19-17(23)25-18(2,3)4/h6-7,10,14-15,20-21H,8-9H2,1-5H3,(H,19,23). The molecule has 3 N–H and O–H groups in total. The summed E-state index contributed by atoms with van der Waals surface area (Å²) in [6.45, 7) is 7.15. The minimum atomic E-state index is -1.19. The van der Waals surface area contributed by atoms with Crippen molar-refractivity contribution in [1.29, 1.82) is 0 Å². The molecule has 2 unspecified atom stereocenters. The van der Waals surface area contributed by atoms with E-state index in [1.54, 1.807) is 39.8 Å². The Kier molecular flexibility index (Phi) is 7.38. The highest BCUT2D eigenvalue weighted by Crippen LogP contribution is 2.22. The van der Waals surface area contributed by atoms with Crippen LogP contribution in [0.1, 0.15) is 54.8 Å². The van der Waals surface area contributed by atoms with Crippen molar-refractivity contribution in [3.8, 4) is 0 Å². The minimum Gasteiger partial charge on any atom is -0.465 e. The second-order valence-corrected chi connectivity index (χ2v) is 6.80. The van der Waals surface area contributed by atoms with Gasteiger partial charge < -0.3 is 25.0 Å². The number of alkyl carbamates (subject to hydrolysis) is 1. The largest absolute Gasteiger partial charge is 0.465 e. The molecule has 1 rings (SSSR count). The second kappa shape index (κ2) is 8.82. The molecule has 0 aliphatic rings. The van der Waals surface area contributed by atoms with E-state index in [1.165, 1.54) is 13.2 Å². The number of benzene rings is 1. The molecular weight excluding hydrogens is 326 g/mol. The molecule has 0 bridgehead atoms. The lowest BCUT2D eigenvalue weighted by atomic mass is 9.97. The number of carbonyl (C=O) groups is 2. The summed E-state index contributed by atoms with van der Waals surface area (Å²) in [5, 5.41) is 22.9. The Morgan fingerprint density at radius 1 is 1.24 bits per heavy atom. The molecule has 0 aliphatic carbocycles. The molecule has 0 saturated carbocycles. The zero-order chi connectivity index (χ0) is 19.2. The Labute approximate surface area is 147 Å². The lowest BCUT2D eigenvalue weighted by Crippen LogP contribution is -2.34. The molecule has 0 aliphatic heterocycles. The van der Waals surface area contributed by atoms with Crippen molar-refractivity contribution in [2.75, 3.05) is 13.7 Å². The van der Waals surface area contributed by atoms with E-state index in [0.29, 0.717) is 16.7 Å². The zero-order valence-corrected chi connectivity index (χ0v) is 15.3. The molecule has 140 valence electrons. The molecule has 2 atom stereocenters. The van der Waals surface area contributed by atoms with Crippen LogP contribution >= 0.6 is 0 Å². The number of aryl methyl sites for hydroxylation is 1. The summed E-state index contributed by atoms with van der Waals surface area (Å²) in [5.41, 5.74) is 0.840. The SMILES string of the molecule is COC(=O)c1cc(C(O)C(O)CCNC(=O)OC(C)(C)C)ccc1C. The molecule has 7 heteroatoms. The maximum Gasteiger partial charge on any atom is 0.407 e. The van der Waals surface area contributed by atoms with Gasteiger partial charge in [-0.15, -0.1) is 0 Å². The van der Waals surface area contributed by atoms with E-state index in [-0.39, 0.29) is 13.0 Å². The van der Waals surface area contributed by atoms with Gasteiger partial charge in [0.05, 0.1) is 18.8 Å². The Morgan fingerprint density at radius 2 is 1.88 bits per heavy atom. The van der Waals surface area contributed by atoms with Crippen LogP contribution in [0.3, 0.4) is 0 Å². The smallest absolute Gasteiger partial charge is 0.407 e. The van der Waals surface area contributed by atoms with E-state index < -0.39 is 29.9 Å². The first-order valence-electron chi connectivity index (χ1n) is 8.07. The van der Waals surface area contributed by atoms with Crippen LogP contribution in [0.15, 0.2) is 18.2 Å². The number of amides is 1. The Balaban J connectivity index is 2.63. The summed E-state index contributed by atoms with van der Waals surface area (Å²) < 4.78 is 9.79. The molecule has 0 aromatic heterocycles. The number of carbonyl (C=O) groups excluding carboxylic acids is 2. The highest BCUT2D eigenvalue weighted by Gasteiger charge is 2.21. The number of aliphatic hydroxyl groups excluding tert-OH is 2. The van der Waals surface area contributed by atoms with Crippen molar-refractivity contribution in [1.82, 2.24) is 5.32 Å². The molecule has 0 fully saturated rings. The molecule has 1 aromatic carbocycles. The summed E-state index contributed by atoms with van der Waals surface area (Å²) in [7, 11) is 1.28. The van der Waals surface area contributed by atoms with Gasteiger partial charge in [0.25, 0.3) is 0 Å².